The minimum absolute atomic E-state index is 0.124. The normalized spacial score (nSPS) is 11.2. The minimum atomic E-state index is -1.13. The molecule has 0 atom stereocenters. The molecule has 0 saturated heterocycles. The smallest absolute Gasteiger partial charge is 0.371 e. The van der Waals surface area contributed by atoms with E-state index in [4.69, 9.17) is 14.2 Å². The van der Waals surface area contributed by atoms with Crippen molar-refractivity contribution in [3.63, 3.8) is 0 Å². The van der Waals surface area contributed by atoms with Gasteiger partial charge in [0.05, 0.1) is 13.2 Å². The molecule has 0 heterocycles. The molecule has 2 N–H and O–H groups in total. The van der Waals surface area contributed by atoms with E-state index in [-0.39, 0.29) is 18.4 Å². The average molecular weight is 513 g/mol. The summed E-state index contributed by atoms with van der Waals surface area (Å²) in [5, 5.41) is 12.4. The van der Waals surface area contributed by atoms with Crippen molar-refractivity contribution >= 4 is 23.8 Å². The number of ether oxygens (including phenoxy) is 3. The number of amides is 2. The summed E-state index contributed by atoms with van der Waals surface area (Å²) in [4.78, 5) is 26.0. The van der Waals surface area contributed by atoms with Gasteiger partial charge < -0.3 is 24.6 Å². The molecule has 0 aliphatic rings. The third kappa shape index (κ3) is 9.46. The Balaban J connectivity index is 2.39. The number of anilines is 1. The molecule has 2 aromatic rings. The van der Waals surface area contributed by atoms with Crippen LogP contribution in [0.2, 0.25) is 0 Å². The Labute approximate surface area is 220 Å². The maximum absolute atomic E-state index is 12.8. The van der Waals surface area contributed by atoms with Crippen LogP contribution in [-0.2, 0) is 14.3 Å². The molecule has 0 saturated carbocycles. The number of hydrogen-bond acceptors (Lipinski definition) is 5. The van der Waals surface area contributed by atoms with Gasteiger partial charge >= 0.3 is 12.0 Å². The van der Waals surface area contributed by atoms with E-state index in [0.717, 1.165) is 36.1 Å². The first-order chi connectivity index (χ1) is 17.9. The molecule has 37 heavy (non-hydrogen) atoms. The molecular weight excluding hydrogens is 472 g/mol. The van der Waals surface area contributed by atoms with Crippen LogP contribution in [0, 0.1) is 0 Å². The van der Waals surface area contributed by atoms with Crippen molar-refractivity contribution in [1.82, 2.24) is 5.32 Å². The van der Waals surface area contributed by atoms with Gasteiger partial charge in [0.15, 0.2) is 0 Å². The van der Waals surface area contributed by atoms with Gasteiger partial charge in [-0.1, -0.05) is 44.0 Å². The molecule has 0 bridgehead atoms. The Morgan fingerprint density at radius 3 is 2.49 bits per heavy atom. The number of nitrogens with one attached hydrogen (secondary N) is 1. The Hall–Kier alpha value is -3.52. The molecule has 0 aromatic heterocycles. The zero-order valence-electron chi connectivity index (χ0n) is 22.4. The second-order valence-electron chi connectivity index (χ2n) is 8.28. The fraction of sp³-hybridized carbons (Fsp3) is 0.448. The SMILES string of the molecule is CCCCCNC(=O)N(CC)c1cccc(-c2ccc(/C=C(\OCC)C(=O)O)cc2OCCOCC)c1. The molecule has 0 radical (unpaired) electrons. The van der Waals surface area contributed by atoms with Crippen molar-refractivity contribution in [2.45, 2.75) is 47.0 Å². The number of carbonyl (C=O) groups excluding carboxylic acids is 1. The fourth-order valence-corrected chi connectivity index (χ4v) is 3.76. The second-order valence-corrected chi connectivity index (χ2v) is 8.28. The zero-order chi connectivity index (χ0) is 27.0. The Morgan fingerprint density at radius 2 is 1.81 bits per heavy atom. The topological polar surface area (TPSA) is 97.3 Å². The Bertz CT molecular complexity index is 1040. The van der Waals surface area contributed by atoms with Crippen LogP contribution in [0.5, 0.6) is 5.75 Å². The number of hydrogen-bond donors (Lipinski definition) is 2. The van der Waals surface area contributed by atoms with E-state index in [0.29, 0.717) is 44.2 Å². The minimum Gasteiger partial charge on any atom is -0.491 e. The van der Waals surface area contributed by atoms with E-state index in [2.05, 4.69) is 12.2 Å². The molecule has 0 spiro atoms. The maximum Gasteiger partial charge on any atom is 0.371 e. The van der Waals surface area contributed by atoms with Crippen LogP contribution in [0.4, 0.5) is 10.5 Å². The summed E-state index contributed by atoms with van der Waals surface area (Å²) in [6.07, 6.45) is 4.61. The molecule has 8 heteroatoms. The summed E-state index contributed by atoms with van der Waals surface area (Å²) in [6, 6.07) is 13.1. The van der Waals surface area contributed by atoms with Crippen LogP contribution >= 0.6 is 0 Å². The lowest BCUT2D eigenvalue weighted by molar-refractivity contribution is -0.136. The molecule has 202 valence electrons. The van der Waals surface area contributed by atoms with Gasteiger partial charge in [-0.3, -0.25) is 4.90 Å². The summed E-state index contributed by atoms with van der Waals surface area (Å²) in [6.45, 7) is 10.5. The van der Waals surface area contributed by atoms with Crippen LogP contribution in [0.15, 0.2) is 48.2 Å². The van der Waals surface area contributed by atoms with E-state index in [1.807, 2.05) is 50.2 Å². The number of carboxylic acid groups (broad SMARTS) is 1. The van der Waals surface area contributed by atoms with Crippen molar-refractivity contribution in [1.29, 1.82) is 0 Å². The first-order valence-corrected chi connectivity index (χ1v) is 13.0. The monoisotopic (exact) mass is 512 g/mol. The highest BCUT2D eigenvalue weighted by Gasteiger charge is 2.16. The number of nitrogens with zero attached hydrogens (tertiary/aromatic N) is 1. The van der Waals surface area contributed by atoms with Crippen LogP contribution in [0.3, 0.4) is 0 Å². The molecule has 0 aliphatic carbocycles. The van der Waals surface area contributed by atoms with E-state index in [1.165, 1.54) is 6.08 Å². The first-order valence-electron chi connectivity index (χ1n) is 13.0. The number of unbranched alkanes of at least 4 members (excludes halogenated alkanes) is 2. The third-order valence-corrected chi connectivity index (χ3v) is 5.59. The lowest BCUT2D eigenvalue weighted by atomic mass is 10.0. The van der Waals surface area contributed by atoms with Gasteiger partial charge in [-0.25, -0.2) is 9.59 Å². The van der Waals surface area contributed by atoms with E-state index < -0.39 is 5.97 Å². The van der Waals surface area contributed by atoms with Crippen molar-refractivity contribution in [3.05, 3.63) is 53.8 Å². The summed E-state index contributed by atoms with van der Waals surface area (Å²) in [5.74, 6) is -0.690. The molecule has 2 aromatic carbocycles. The highest BCUT2D eigenvalue weighted by atomic mass is 16.5. The van der Waals surface area contributed by atoms with Crippen LogP contribution < -0.4 is 15.0 Å². The third-order valence-electron chi connectivity index (χ3n) is 5.59. The van der Waals surface area contributed by atoms with Crippen molar-refractivity contribution < 1.29 is 28.9 Å². The Kier molecular flexibility index (Phi) is 13.1. The molecular formula is C29H40N2O6. The molecule has 0 unspecified atom stereocenters. The molecule has 0 fully saturated rings. The molecule has 2 amide bonds. The number of carboxylic acids is 1. The van der Waals surface area contributed by atoms with Crippen molar-refractivity contribution in [3.8, 4) is 16.9 Å². The summed E-state index contributed by atoms with van der Waals surface area (Å²) in [7, 11) is 0. The standard InChI is InChI=1S/C29H40N2O6/c1-5-9-10-16-30-29(34)31(6-2)24-13-11-12-23(21-24)25-15-14-22(20-27(28(32)33)36-8-4)19-26(25)37-18-17-35-7-3/h11-15,19-21H,5-10,16-18H2,1-4H3,(H,30,34)(H,32,33)/b27-20-. The van der Waals surface area contributed by atoms with Gasteiger partial charge in [-0.05, 0) is 62.6 Å². The highest BCUT2D eigenvalue weighted by molar-refractivity contribution is 5.93. The van der Waals surface area contributed by atoms with Gasteiger partial charge in [0.25, 0.3) is 0 Å². The van der Waals surface area contributed by atoms with Gasteiger partial charge in [0.2, 0.25) is 5.76 Å². The molecule has 0 aliphatic heterocycles. The number of rotatable bonds is 16. The predicted molar refractivity (Wildman–Crippen MR) is 147 cm³/mol. The van der Waals surface area contributed by atoms with E-state index in [9.17, 15) is 14.7 Å². The summed E-state index contributed by atoms with van der Waals surface area (Å²) >= 11 is 0. The zero-order valence-corrected chi connectivity index (χ0v) is 22.4. The average Bonchev–Trinajstić information content (AvgIpc) is 2.89. The van der Waals surface area contributed by atoms with Crippen LogP contribution in [0.1, 0.15) is 52.5 Å². The van der Waals surface area contributed by atoms with Gasteiger partial charge in [0.1, 0.15) is 12.4 Å². The van der Waals surface area contributed by atoms with Crippen LogP contribution in [-0.4, -0.2) is 56.6 Å². The predicted octanol–water partition coefficient (Wildman–Crippen LogP) is 5.96. The largest absolute Gasteiger partial charge is 0.491 e. The van der Waals surface area contributed by atoms with Crippen LogP contribution in [0.25, 0.3) is 17.2 Å². The molecule has 8 nitrogen and oxygen atoms in total. The summed E-state index contributed by atoms with van der Waals surface area (Å²) in [5.41, 5.74) is 3.11. The number of urea groups is 1. The van der Waals surface area contributed by atoms with Crippen molar-refractivity contribution in [2.24, 2.45) is 0 Å². The summed E-state index contributed by atoms with van der Waals surface area (Å²) < 4.78 is 16.7. The number of carbonyl (C=O) groups is 2. The second kappa shape index (κ2) is 16.3. The maximum atomic E-state index is 12.8. The fourth-order valence-electron chi connectivity index (χ4n) is 3.76. The highest BCUT2D eigenvalue weighted by Crippen LogP contribution is 2.34. The van der Waals surface area contributed by atoms with Gasteiger partial charge in [0, 0.05) is 30.9 Å². The Morgan fingerprint density at radius 1 is 1.00 bits per heavy atom. The lowest BCUT2D eigenvalue weighted by Crippen LogP contribution is -2.40. The van der Waals surface area contributed by atoms with Crippen molar-refractivity contribution in [2.75, 3.05) is 44.4 Å². The van der Waals surface area contributed by atoms with E-state index in [1.54, 1.807) is 17.9 Å². The number of benzene rings is 2. The quantitative estimate of drug-likeness (QED) is 0.164. The number of aliphatic carboxylic acids is 1. The van der Waals surface area contributed by atoms with E-state index >= 15 is 0 Å². The van der Waals surface area contributed by atoms with Gasteiger partial charge in [-0.15, -0.1) is 0 Å². The van der Waals surface area contributed by atoms with Gasteiger partial charge in [-0.2, -0.15) is 0 Å². The first kappa shape index (κ1) is 29.7. The lowest BCUT2D eigenvalue weighted by Gasteiger charge is -2.22. The molecule has 2 rings (SSSR count).